The Morgan fingerprint density at radius 3 is 2.96 bits per heavy atom. The van der Waals surface area contributed by atoms with Crippen molar-refractivity contribution in [1.82, 2.24) is 19.9 Å². The molecule has 1 aliphatic rings. The summed E-state index contributed by atoms with van der Waals surface area (Å²) < 4.78 is 10.7. The van der Waals surface area contributed by atoms with Crippen LogP contribution in [-0.2, 0) is 24.4 Å². The SMILES string of the molecule is CCOC(=O)N1Cc2nc(N)nc(OCc3ccccn3)c2C1. The molecule has 8 nitrogen and oxygen atoms in total. The second kappa shape index (κ2) is 6.47. The van der Waals surface area contributed by atoms with Gasteiger partial charge in [-0.2, -0.15) is 4.98 Å². The highest BCUT2D eigenvalue weighted by Crippen LogP contribution is 2.29. The predicted molar refractivity (Wildman–Crippen MR) is 81.3 cm³/mol. The van der Waals surface area contributed by atoms with Gasteiger partial charge in [0.15, 0.2) is 0 Å². The average molecular weight is 315 g/mol. The molecule has 1 aliphatic heterocycles. The van der Waals surface area contributed by atoms with Crippen molar-refractivity contribution in [3.8, 4) is 5.88 Å². The molecule has 23 heavy (non-hydrogen) atoms. The molecule has 0 bridgehead atoms. The molecule has 0 radical (unpaired) electrons. The number of fused-ring (bicyclic) bond motifs is 1. The molecule has 1 amide bonds. The largest absolute Gasteiger partial charge is 0.471 e. The first kappa shape index (κ1) is 15.0. The summed E-state index contributed by atoms with van der Waals surface area (Å²) in [6.07, 6.45) is 1.31. The number of anilines is 1. The van der Waals surface area contributed by atoms with Gasteiger partial charge >= 0.3 is 6.09 Å². The maximum absolute atomic E-state index is 11.9. The number of amides is 1. The van der Waals surface area contributed by atoms with Gasteiger partial charge in [0, 0.05) is 6.20 Å². The number of rotatable bonds is 4. The van der Waals surface area contributed by atoms with E-state index in [1.807, 2.05) is 18.2 Å². The van der Waals surface area contributed by atoms with Crippen LogP contribution in [0.2, 0.25) is 0 Å². The van der Waals surface area contributed by atoms with Gasteiger partial charge in [-0.05, 0) is 19.1 Å². The molecule has 8 heteroatoms. The van der Waals surface area contributed by atoms with Crippen molar-refractivity contribution in [2.45, 2.75) is 26.6 Å². The van der Waals surface area contributed by atoms with Gasteiger partial charge in [0.25, 0.3) is 0 Å². The number of ether oxygens (including phenoxy) is 2. The van der Waals surface area contributed by atoms with Crippen LogP contribution < -0.4 is 10.5 Å². The average Bonchev–Trinajstić information content (AvgIpc) is 2.98. The summed E-state index contributed by atoms with van der Waals surface area (Å²) in [6.45, 7) is 3.03. The topological polar surface area (TPSA) is 103 Å². The lowest BCUT2D eigenvalue weighted by atomic mass is 10.2. The number of hydrogen-bond donors (Lipinski definition) is 1. The third kappa shape index (κ3) is 3.31. The van der Waals surface area contributed by atoms with Crippen molar-refractivity contribution in [3.05, 3.63) is 41.3 Å². The molecule has 120 valence electrons. The lowest BCUT2D eigenvalue weighted by molar-refractivity contribution is 0.106. The van der Waals surface area contributed by atoms with Crippen LogP contribution in [0, 0.1) is 0 Å². The summed E-state index contributed by atoms with van der Waals surface area (Å²) in [4.78, 5) is 25.9. The van der Waals surface area contributed by atoms with Crippen LogP contribution in [0.5, 0.6) is 5.88 Å². The third-order valence-electron chi connectivity index (χ3n) is 3.37. The monoisotopic (exact) mass is 315 g/mol. The summed E-state index contributed by atoms with van der Waals surface area (Å²) in [5, 5.41) is 0. The summed E-state index contributed by atoms with van der Waals surface area (Å²) in [7, 11) is 0. The number of hydrogen-bond acceptors (Lipinski definition) is 7. The van der Waals surface area contributed by atoms with Crippen LogP contribution in [0.1, 0.15) is 23.9 Å². The van der Waals surface area contributed by atoms with Gasteiger partial charge in [0.2, 0.25) is 11.8 Å². The normalized spacial score (nSPS) is 12.8. The zero-order valence-electron chi connectivity index (χ0n) is 12.7. The van der Waals surface area contributed by atoms with Crippen molar-refractivity contribution < 1.29 is 14.3 Å². The minimum absolute atomic E-state index is 0.116. The van der Waals surface area contributed by atoms with Gasteiger partial charge in [0.05, 0.1) is 36.6 Å². The Hall–Kier alpha value is -2.90. The van der Waals surface area contributed by atoms with E-state index in [9.17, 15) is 4.79 Å². The van der Waals surface area contributed by atoms with Crippen molar-refractivity contribution in [2.75, 3.05) is 12.3 Å². The van der Waals surface area contributed by atoms with Gasteiger partial charge in [-0.15, -0.1) is 0 Å². The second-order valence-corrected chi connectivity index (χ2v) is 4.98. The molecule has 0 saturated carbocycles. The second-order valence-electron chi connectivity index (χ2n) is 4.98. The molecule has 0 aromatic carbocycles. The molecule has 0 aliphatic carbocycles. The number of nitrogen functional groups attached to an aromatic ring is 1. The number of carbonyl (C=O) groups is 1. The van der Waals surface area contributed by atoms with E-state index in [1.165, 1.54) is 4.90 Å². The highest BCUT2D eigenvalue weighted by Gasteiger charge is 2.29. The van der Waals surface area contributed by atoms with Crippen molar-refractivity contribution in [2.24, 2.45) is 0 Å². The minimum atomic E-state index is -0.389. The Labute approximate surface area is 133 Å². The zero-order chi connectivity index (χ0) is 16.2. The van der Waals surface area contributed by atoms with Crippen LogP contribution in [-0.4, -0.2) is 32.6 Å². The molecule has 3 heterocycles. The molecule has 3 rings (SSSR count). The van der Waals surface area contributed by atoms with Crippen molar-refractivity contribution in [1.29, 1.82) is 0 Å². The summed E-state index contributed by atoms with van der Waals surface area (Å²) in [6, 6.07) is 5.57. The van der Waals surface area contributed by atoms with E-state index in [-0.39, 0.29) is 18.6 Å². The molecule has 0 unspecified atom stereocenters. The van der Waals surface area contributed by atoms with Gasteiger partial charge in [-0.3, -0.25) is 9.88 Å². The van der Waals surface area contributed by atoms with E-state index < -0.39 is 0 Å². The molecule has 0 fully saturated rings. The molecule has 2 aromatic heterocycles. The van der Waals surface area contributed by atoms with E-state index in [0.29, 0.717) is 31.3 Å². The van der Waals surface area contributed by atoms with Crippen molar-refractivity contribution >= 4 is 12.0 Å². The van der Waals surface area contributed by atoms with E-state index in [1.54, 1.807) is 13.1 Å². The van der Waals surface area contributed by atoms with Gasteiger partial charge in [-0.1, -0.05) is 6.07 Å². The molecule has 0 spiro atoms. The predicted octanol–water partition coefficient (Wildman–Crippen LogP) is 1.50. The molecular formula is C15H17N5O3. The number of aromatic nitrogens is 3. The maximum atomic E-state index is 11.9. The fourth-order valence-electron chi connectivity index (χ4n) is 2.33. The Bertz CT molecular complexity index is 708. The van der Waals surface area contributed by atoms with Gasteiger partial charge in [0.1, 0.15) is 6.61 Å². The number of nitrogens with two attached hydrogens (primary N) is 1. The Morgan fingerprint density at radius 2 is 2.22 bits per heavy atom. The lowest BCUT2D eigenvalue weighted by Gasteiger charge is -2.14. The first-order chi connectivity index (χ1) is 11.2. The smallest absolute Gasteiger partial charge is 0.410 e. The summed E-state index contributed by atoms with van der Waals surface area (Å²) >= 11 is 0. The first-order valence-corrected chi connectivity index (χ1v) is 7.27. The van der Waals surface area contributed by atoms with Crippen LogP contribution in [0.3, 0.4) is 0 Å². The first-order valence-electron chi connectivity index (χ1n) is 7.27. The Balaban J connectivity index is 1.77. The highest BCUT2D eigenvalue weighted by molar-refractivity contribution is 5.69. The lowest BCUT2D eigenvalue weighted by Crippen LogP contribution is -2.26. The fourth-order valence-corrected chi connectivity index (χ4v) is 2.33. The Morgan fingerprint density at radius 1 is 1.35 bits per heavy atom. The van der Waals surface area contributed by atoms with E-state index in [4.69, 9.17) is 15.2 Å². The fraction of sp³-hybridized carbons (Fsp3) is 0.333. The number of nitrogens with zero attached hydrogens (tertiary/aromatic N) is 4. The molecule has 2 aromatic rings. The van der Waals surface area contributed by atoms with E-state index in [2.05, 4.69) is 15.0 Å². The quantitative estimate of drug-likeness (QED) is 0.911. The molecule has 0 atom stereocenters. The minimum Gasteiger partial charge on any atom is -0.471 e. The van der Waals surface area contributed by atoms with Crippen molar-refractivity contribution in [3.63, 3.8) is 0 Å². The zero-order valence-corrected chi connectivity index (χ0v) is 12.7. The van der Waals surface area contributed by atoms with Crippen LogP contribution in [0.4, 0.5) is 10.7 Å². The van der Waals surface area contributed by atoms with Crippen LogP contribution >= 0.6 is 0 Å². The van der Waals surface area contributed by atoms with E-state index >= 15 is 0 Å². The maximum Gasteiger partial charge on any atom is 0.410 e. The number of carbonyl (C=O) groups excluding carboxylic acids is 1. The van der Waals surface area contributed by atoms with Gasteiger partial charge in [-0.25, -0.2) is 9.78 Å². The van der Waals surface area contributed by atoms with Crippen LogP contribution in [0.25, 0.3) is 0 Å². The Kier molecular flexibility index (Phi) is 4.22. The molecule has 2 N–H and O–H groups in total. The molecular weight excluding hydrogens is 298 g/mol. The molecule has 0 saturated heterocycles. The summed E-state index contributed by atoms with van der Waals surface area (Å²) in [5.74, 6) is 0.496. The van der Waals surface area contributed by atoms with Gasteiger partial charge < -0.3 is 15.2 Å². The standard InChI is InChI=1S/C15H17N5O3/c1-2-22-15(21)20-7-11-12(8-20)18-14(16)19-13(11)23-9-10-5-3-4-6-17-10/h3-6H,2,7-9H2,1H3,(H2,16,18,19). The van der Waals surface area contributed by atoms with E-state index in [0.717, 1.165) is 11.3 Å². The third-order valence-corrected chi connectivity index (χ3v) is 3.37. The number of pyridine rings is 1. The van der Waals surface area contributed by atoms with Crippen LogP contribution in [0.15, 0.2) is 24.4 Å². The summed E-state index contributed by atoms with van der Waals surface area (Å²) in [5.41, 5.74) is 7.94. The highest BCUT2D eigenvalue weighted by atomic mass is 16.6.